The minimum absolute atomic E-state index is 0.00772. The Morgan fingerprint density at radius 3 is 2.40 bits per heavy atom. The Bertz CT molecular complexity index is 428. The highest BCUT2D eigenvalue weighted by atomic mass is 79.9. The third-order valence-corrected chi connectivity index (χ3v) is 3.83. The highest BCUT2D eigenvalue weighted by Crippen LogP contribution is 2.30. The summed E-state index contributed by atoms with van der Waals surface area (Å²) in [7, 11) is 0. The standard InChI is InChI=1S/C13H17BrO6/c14-6-9-10(15)11(16)12(17)13(18,20-9)19-7-8-4-2-1-3-5-8/h1-5,9-12,15-18H,6-7H2/t9-,10-,11+,12+,13+/m1/s1. The van der Waals surface area contributed by atoms with Gasteiger partial charge in [-0.2, -0.15) is 0 Å². The topological polar surface area (TPSA) is 99.4 Å². The summed E-state index contributed by atoms with van der Waals surface area (Å²) < 4.78 is 10.4. The van der Waals surface area contributed by atoms with Gasteiger partial charge in [0.1, 0.15) is 18.3 Å². The molecule has 1 saturated heterocycles. The molecule has 1 aromatic carbocycles. The largest absolute Gasteiger partial charge is 0.388 e. The summed E-state index contributed by atoms with van der Waals surface area (Å²) in [6, 6.07) is 9.02. The van der Waals surface area contributed by atoms with Crippen molar-refractivity contribution in [1.29, 1.82) is 0 Å². The lowest BCUT2D eigenvalue weighted by Gasteiger charge is -2.44. The van der Waals surface area contributed by atoms with Crippen molar-refractivity contribution in [1.82, 2.24) is 0 Å². The van der Waals surface area contributed by atoms with Crippen LogP contribution in [0.1, 0.15) is 5.56 Å². The summed E-state index contributed by atoms with van der Waals surface area (Å²) in [6.07, 6.45) is -5.54. The van der Waals surface area contributed by atoms with Crippen molar-refractivity contribution in [3.05, 3.63) is 35.9 Å². The average Bonchev–Trinajstić information content (AvgIpc) is 2.48. The second-order valence-electron chi connectivity index (χ2n) is 4.64. The zero-order valence-electron chi connectivity index (χ0n) is 10.6. The second-order valence-corrected chi connectivity index (χ2v) is 5.29. The maximum atomic E-state index is 10.2. The Morgan fingerprint density at radius 1 is 1.15 bits per heavy atom. The zero-order chi connectivity index (χ0) is 14.8. The van der Waals surface area contributed by atoms with Gasteiger partial charge in [0, 0.05) is 5.33 Å². The number of hydrogen-bond donors (Lipinski definition) is 4. The summed E-state index contributed by atoms with van der Waals surface area (Å²) in [5.74, 6) is -2.37. The molecule has 4 N–H and O–H groups in total. The molecule has 2 rings (SSSR count). The molecule has 0 amide bonds. The van der Waals surface area contributed by atoms with Gasteiger partial charge in [-0.05, 0) is 5.56 Å². The number of hydrogen-bond acceptors (Lipinski definition) is 6. The number of aliphatic hydroxyl groups is 4. The van der Waals surface area contributed by atoms with Crippen molar-refractivity contribution in [2.45, 2.75) is 37.0 Å². The van der Waals surface area contributed by atoms with Crippen LogP contribution in [-0.4, -0.2) is 56.1 Å². The average molecular weight is 349 g/mol. The van der Waals surface area contributed by atoms with E-state index >= 15 is 0 Å². The zero-order valence-corrected chi connectivity index (χ0v) is 12.2. The van der Waals surface area contributed by atoms with Crippen LogP contribution < -0.4 is 0 Å². The van der Waals surface area contributed by atoms with Crippen molar-refractivity contribution in [2.75, 3.05) is 5.33 Å². The van der Waals surface area contributed by atoms with Crippen LogP contribution in [0.4, 0.5) is 0 Å². The first-order chi connectivity index (χ1) is 9.48. The normalized spacial score (nSPS) is 37.9. The van der Waals surface area contributed by atoms with Crippen molar-refractivity contribution in [3.8, 4) is 0 Å². The number of alkyl halides is 1. The van der Waals surface area contributed by atoms with Gasteiger partial charge in [-0.3, -0.25) is 0 Å². The van der Waals surface area contributed by atoms with Crippen LogP contribution in [0.3, 0.4) is 0 Å². The van der Waals surface area contributed by atoms with E-state index in [1.54, 1.807) is 24.3 Å². The van der Waals surface area contributed by atoms with Crippen molar-refractivity contribution >= 4 is 15.9 Å². The summed E-state index contributed by atoms with van der Waals surface area (Å²) >= 11 is 3.10. The SMILES string of the molecule is O[C@H]1[C@H](O)[C@H](O)[C@](O)(OCc2ccccc2)O[C@@H]1CBr. The molecule has 0 radical (unpaired) electrons. The van der Waals surface area contributed by atoms with E-state index in [1.165, 1.54) is 0 Å². The number of rotatable bonds is 4. The van der Waals surface area contributed by atoms with Gasteiger partial charge in [0.2, 0.25) is 0 Å². The van der Waals surface area contributed by atoms with E-state index in [-0.39, 0.29) is 11.9 Å². The highest BCUT2D eigenvalue weighted by Gasteiger charge is 2.53. The Hall–Kier alpha value is -0.540. The van der Waals surface area contributed by atoms with Gasteiger partial charge in [0.25, 0.3) is 0 Å². The fraction of sp³-hybridized carbons (Fsp3) is 0.538. The van der Waals surface area contributed by atoms with Crippen LogP contribution in [0.5, 0.6) is 0 Å². The maximum Gasteiger partial charge on any atom is 0.311 e. The van der Waals surface area contributed by atoms with E-state index in [0.29, 0.717) is 0 Å². The first kappa shape index (κ1) is 15.8. The molecule has 20 heavy (non-hydrogen) atoms. The Morgan fingerprint density at radius 2 is 1.80 bits per heavy atom. The molecule has 0 aliphatic carbocycles. The number of aliphatic hydroxyl groups excluding tert-OH is 3. The smallest absolute Gasteiger partial charge is 0.311 e. The molecule has 0 unspecified atom stereocenters. The third-order valence-electron chi connectivity index (χ3n) is 3.19. The van der Waals surface area contributed by atoms with Gasteiger partial charge in [-0.25, -0.2) is 0 Å². The first-order valence-electron chi connectivity index (χ1n) is 6.16. The molecule has 112 valence electrons. The van der Waals surface area contributed by atoms with E-state index < -0.39 is 30.4 Å². The molecule has 0 bridgehead atoms. The lowest BCUT2D eigenvalue weighted by molar-refractivity contribution is -0.447. The monoisotopic (exact) mass is 348 g/mol. The fourth-order valence-electron chi connectivity index (χ4n) is 1.98. The molecular weight excluding hydrogens is 332 g/mol. The van der Waals surface area contributed by atoms with Gasteiger partial charge in [0.05, 0.1) is 6.61 Å². The molecular formula is C13H17BrO6. The van der Waals surface area contributed by atoms with Crippen LogP contribution in [0, 0.1) is 0 Å². The molecule has 1 aliphatic heterocycles. The predicted molar refractivity (Wildman–Crippen MR) is 72.9 cm³/mol. The van der Waals surface area contributed by atoms with Crippen LogP contribution in [0.2, 0.25) is 0 Å². The fourth-order valence-corrected chi connectivity index (χ4v) is 2.50. The molecule has 1 heterocycles. The lowest BCUT2D eigenvalue weighted by atomic mass is 9.98. The minimum atomic E-state index is -2.37. The molecule has 1 fully saturated rings. The Kier molecular flexibility index (Phi) is 5.14. The van der Waals surface area contributed by atoms with Crippen molar-refractivity contribution < 1.29 is 29.9 Å². The van der Waals surface area contributed by atoms with Crippen LogP contribution >= 0.6 is 15.9 Å². The van der Waals surface area contributed by atoms with E-state index in [1.807, 2.05) is 6.07 Å². The van der Waals surface area contributed by atoms with E-state index in [9.17, 15) is 20.4 Å². The lowest BCUT2D eigenvalue weighted by Crippen LogP contribution is -2.65. The molecule has 6 nitrogen and oxygen atoms in total. The predicted octanol–water partition coefficient (Wildman–Crippen LogP) is -0.274. The van der Waals surface area contributed by atoms with Gasteiger partial charge in [-0.15, -0.1) is 0 Å². The first-order valence-corrected chi connectivity index (χ1v) is 7.28. The molecule has 0 aromatic heterocycles. The molecule has 7 heteroatoms. The molecule has 1 aromatic rings. The van der Waals surface area contributed by atoms with Gasteiger partial charge in [0.15, 0.2) is 6.10 Å². The summed E-state index contributed by atoms with van der Waals surface area (Å²) in [5.41, 5.74) is 0.771. The van der Waals surface area contributed by atoms with Crippen LogP contribution in [0.15, 0.2) is 30.3 Å². The van der Waals surface area contributed by atoms with Crippen LogP contribution in [-0.2, 0) is 16.1 Å². The van der Waals surface area contributed by atoms with Gasteiger partial charge in [-0.1, -0.05) is 46.3 Å². The van der Waals surface area contributed by atoms with Gasteiger partial charge >= 0.3 is 5.97 Å². The summed E-state index contributed by atoms with van der Waals surface area (Å²) in [6.45, 7) is -0.00772. The van der Waals surface area contributed by atoms with Gasteiger partial charge < -0.3 is 29.9 Å². The van der Waals surface area contributed by atoms with Crippen LogP contribution in [0.25, 0.3) is 0 Å². The summed E-state index contributed by atoms with van der Waals surface area (Å²) in [4.78, 5) is 0. The quantitative estimate of drug-likeness (QED) is 0.441. The van der Waals surface area contributed by atoms with E-state index in [0.717, 1.165) is 5.56 Å². The van der Waals surface area contributed by atoms with Crippen molar-refractivity contribution in [2.24, 2.45) is 0 Å². The number of halogens is 1. The van der Waals surface area contributed by atoms with E-state index in [4.69, 9.17) is 9.47 Å². The molecule has 0 saturated carbocycles. The van der Waals surface area contributed by atoms with E-state index in [2.05, 4.69) is 15.9 Å². The minimum Gasteiger partial charge on any atom is -0.388 e. The van der Waals surface area contributed by atoms with Crippen molar-refractivity contribution in [3.63, 3.8) is 0 Å². The molecule has 5 atom stereocenters. The Labute approximate surface area is 124 Å². The molecule has 0 spiro atoms. The number of ether oxygens (including phenoxy) is 2. The second kappa shape index (κ2) is 6.48. The maximum absolute atomic E-state index is 10.2. The summed E-state index contributed by atoms with van der Waals surface area (Å²) in [5, 5.41) is 39.6. The third kappa shape index (κ3) is 3.20. The Balaban J connectivity index is 2.07. The number of benzene rings is 1. The molecule has 1 aliphatic rings. The highest BCUT2D eigenvalue weighted by molar-refractivity contribution is 9.09.